The van der Waals surface area contributed by atoms with Gasteiger partial charge in [0, 0.05) is 18.8 Å². The first-order valence-corrected chi connectivity index (χ1v) is 6.28. The van der Waals surface area contributed by atoms with Crippen molar-refractivity contribution in [1.82, 2.24) is 4.90 Å². The van der Waals surface area contributed by atoms with Crippen molar-refractivity contribution in [2.24, 2.45) is 0 Å². The van der Waals surface area contributed by atoms with E-state index in [1.54, 1.807) is 30.3 Å². The molecule has 1 aromatic rings. The summed E-state index contributed by atoms with van der Waals surface area (Å²) in [6, 6.07) is 8.10. The quantitative estimate of drug-likeness (QED) is 0.758. The number of para-hydroxylation sites is 1. The Balaban J connectivity index is 2.42. The van der Waals surface area contributed by atoms with Crippen molar-refractivity contribution in [2.45, 2.75) is 6.18 Å². The number of hydrogen-bond acceptors (Lipinski definition) is 3. The van der Waals surface area contributed by atoms with Gasteiger partial charge in [0.15, 0.2) is 0 Å². The third-order valence-electron chi connectivity index (χ3n) is 2.45. The maximum absolute atomic E-state index is 11.9. The Kier molecular flexibility index (Phi) is 6.97. The molecular weight excluding hydrogens is 289 g/mol. The van der Waals surface area contributed by atoms with Crippen molar-refractivity contribution >= 4 is 11.7 Å². The zero-order valence-electron chi connectivity index (χ0n) is 11.3. The Morgan fingerprint density at radius 3 is 2.48 bits per heavy atom. The summed E-state index contributed by atoms with van der Waals surface area (Å²) in [6.45, 7) is -1.95. The molecule has 2 N–H and O–H groups in total. The summed E-state index contributed by atoms with van der Waals surface area (Å²) in [5.74, 6) is 0. The molecule has 0 aliphatic rings. The number of halogens is 3. The van der Waals surface area contributed by atoms with Crippen molar-refractivity contribution < 1.29 is 27.8 Å². The zero-order valence-corrected chi connectivity index (χ0v) is 11.3. The van der Waals surface area contributed by atoms with Crippen LogP contribution in [0, 0.1) is 0 Å². The first kappa shape index (κ1) is 17.3. The molecule has 0 unspecified atom stereocenters. The van der Waals surface area contributed by atoms with Crippen LogP contribution in [0.25, 0.3) is 0 Å². The Bertz CT molecular complexity index is 426. The van der Waals surface area contributed by atoms with Crippen LogP contribution in [0.2, 0.25) is 0 Å². The van der Waals surface area contributed by atoms with Crippen LogP contribution in [0.15, 0.2) is 30.3 Å². The second kappa shape index (κ2) is 8.48. The number of nitrogens with zero attached hydrogens (tertiary/aromatic N) is 1. The Hall–Kier alpha value is -1.80. The summed E-state index contributed by atoms with van der Waals surface area (Å²) in [5.41, 5.74) is 0.557. The van der Waals surface area contributed by atoms with Gasteiger partial charge in [-0.3, -0.25) is 0 Å². The van der Waals surface area contributed by atoms with Gasteiger partial charge in [-0.05, 0) is 12.1 Å². The maximum Gasteiger partial charge on any atom is 0.411 e. The number of carbonyl (C=O) groups excluding carboxylic acids is 1. The topological polar surface area (TPSA) is 61.8 Å². The van der Waals surface area contributed by atoms with E-state index in [2.05, 4.69) is 10.1 Å². The molecule has 0 aliphatic heterocycles. The molecule has 0 radical (unpaired) electrons. The van der Waals surface area contributed by atoms with Gasteiger partial charge in [-0.1, -0.05) is 18.2 Å². The average Bonchev–Trinajstić information content (AvgIpc) is 2.42. The number of anilines is 1. The van der Waals surface area contributed by atoms with Crippen LogP contribution < -0.4 is 5.32 Å². The van der Waals surface area contributed by atoms with Crippen LogP contribution in [-0.4, -0.2) is 55.1 Å². The van der Waals surface area contributed by atoms with Crippen molar-refractivity contribution in [1.29, 1.82) is 0 Å². The van der Waals surface area contributed by atoms with E-state index in [0.717, 1.165) is 0 Å². The molecule has 0 bridgehead atoms. The Morgan fingerprint density at radius 2 is 1.90 bits per heavy atom. The van der Waals surface area contributed by atoms with E-state index < -0.39 is 18.8 Å². The lowest BCUT2D eigenvalue weighted by atomic mass is 10.3. The van der Waals surface area contributed by atoms with Gasteiger partial charge in [-0.15, -0.1) is 0 Å². The van der Waals surface area contributed by atoms with E-state index >= 15 is 0 Å². The lowest BCUT2D eigenvalue weighted by Crippen LogP contribution is -2.39. The lowest BCUT2D eigenvalue weighted by molar-refractivity contribution is -0.174. The van der Waals surface area contributed by atoms with Crippen molar-refractivity contribution in [2.75, 3.05) is 38.2 Å². The van der Waals surface area contributed by atoms with Crippen LogP contribution in [0.3, 0.4) is 0 Å². The first-order valence-electron chi connectivity index (χ1n) is 6.28. The lowest BCUT2D eigenvalue weighted by Gasteiger charge is -2.22. The van der Waals surface area contributed by atoms with Gasteiger partial charge < -0.3 is 20.1 Å². The highest BCUT2D eigenvalue weighted by Crippen LogP contribution is 2.14. The largest absolute Gasteiger partial charge is 0.411 e. The third kappa shape index (κ3) is 7.52. The van der Waals surface area contributed by atoms with E-state index in [-0.39, 0.29) is 26.3 Å². The van der Waals surface area contributed by atoms with Gasteiger partial charge in [-0.25, -0.2) is 4.79 Å². The molecule has 21 heavy (non-hydrogen) atoms. The highest BCUT2D eigenvalue weighted by atomic mass is 19.4. The maximum atomic E-state index is 11.9. The first-order chi connectivity index (χ1) is 9.92. The highest BCUT2D eigenvalue weighted by molar-refractivity contribution is 5.89. The van der Waals surface area contributed by atoms with E-state index in [1.165, 1.54) is 4.90 Å². The molecule has 5 nitrogen and oxygen atoms in total. The molecule has 0 atom stereocenters. The minimum absolute atomic E-state index is 0.00798. The number of alkyl halides is 3. The predicted molar refractivity (Wildman–Crippen MR) is 71.0 cm³/mol. The van der Waals surface area contributed by atoms with Crippen LogP contribution in [0.1, 0.15) is 0 Å². The molecule has 1 rings (SSSR count). The number of benzene rings is 1. The third-order valence-corrected chi connectivity index (χ3v) is 2.45. The summed E-state index contributed by atoms with van der Waals surface area (Å²) in [7, 11) is 0. The molecule has 2 amide bonds. The summed E-state index contributed by atoms with van der Waals surface area (Å²) in [4.78, 5) is 13.1. The summed E-state index contributed by atoms with van der Waals surface area (Å²) < 4.78 is 40.2. The van der Waals surface area contributed by atoms with Gasteiger partial charge in [-0.2, -0.15) is 13.2 Å². The minimum Gasteiger partial charge on any atom is -0.395 e. The van der Waals surface area contributed by atoms with E-state index in [0.29, 0.717) is 5.69 Å². The number of amides is 2. The van der Waals surface area contributed by atoms with Gasteiger partial charge in [0.25, 0.3) is 0 Å². The monoisotopic (exact) mass is 306 g/mol. The normalized spacial score (nSPS) is 11.2. The molecule has 8 heteroatoms. The molecule has 0 aromatic heterocycles. The zero-order chi connectivity index (χ0) is 15.7. The number of nitrogens with one attached hydrogen (secondary N) is 1. The van der Waals surface area contributed by atoms with Gasteiger partial charge in [0.2, 0.25) is 0 Å². The van der Waals surface area contributed by atoms with Crippen LogP contribution >= 0.6 is 0 Å². The fraction of sp³-hybridized carbons (Fsp3) is 0.462. The Labute approximate surface area is 120 Å². The Morgan fingerprint density at radius 1 is 1.24 bits per heavy atom. The molecule has 0 saturated carbocycles. The van der Waals surface area contributed by atoms with Gasteiger partial charge in [0.05, 0.1) is 13.2 Å². The molecule has 0 spiro atoms. The fourth-order valence-corrected chi connectivity index (χ4v) is 1.52. The summed E-state index contributed by atoms with van der Waals surface area (Å²) in [5, 5.41) is 11.5. The molecule has 1 aromatic carbocycles. The minimum atomic E-state index is -4.39. The summed E-state index contributed by atoms with van der Waals surface area (Å²) >= 11 is 0. The molecular formula is C13H17F3N2O3. The number of aliphatic hydroxyl groups excluding tert-OH is 1. The van der Waals surface area contributed by atoms with E-state index in [1.807, 2.05) is 0 Å². The number of carbonyl (C=O) groups is 1. The fourth-order valence-electron chi connectivity index (χ4n) is 1.52. The number of hydrogen-bond donors (Lipinski definition) is 2. The van der Waals surface area contributed by atoms with Crippen molar-refractivity contribution in [3.63, 3.8) is 0 Å². The summed E-state index contributed by atoms with van der Waals surface area (Å²) in [6.07, 6.45) is -4.39. The smallest absolute Gasteiger partial charge is 0.395 e. The highest BCUT2D eigenvalue weighted by Gasteiger charge is 2.27. The molecule has 118 valence electrons. The molecule has 0 fully saturated rings. The second-order valence-electron chi connectivity index (χ2n) is 4.17. The number of urea groups is 1. The van der Waals surface area contributed by atoms with E-state index in [9.17, 15) is 18.0 Å². The van der Waals surface area contributed by atoms with Crippen LogP contribution in [-0.2, 0) is 4.74 Å². The van der Waals surface area contributed by atoms with Crippen molar-refractivity contribution in [3.05, 3.63) is 30.3 Å². The molecule has 0 aliphatic carbocycles. The van der Waals surface area contributed by atoms with Gasteiger partial charge in [0.1, 0.15) is 6.61 Å². The standard InChI is InChI=1S/C13H17F3N2O3/c14-13(15,16)10-21-9-7-18(6-8-19)12(20)17-11-4-2-1-3-5-11/h1-5,19H,6-10H2,(H,17,20). The van der Waals surface area contributed by atoms with E-state index in [4.69, 9.17) is 5.11 Å². The van der Waals surface area contributed by atoms with Crippen LogP contribution in [0.5, 0.6) is 0 Å². The van der Waals surface area contributed by atoms with Gasteiger partial charge >= 0.3 is 12.2 Å². The number of rotatable bonds is 7. The SMILES string of the molecule is O=C(Nc1ccccc1)N(CCO)CCOCC(F)(F)F. The second-order valence-corrected chi connectivity index (χ2v) is 4.17. The average molecular weight is 306 g/mol. The molecule has 0 heterocycles. The predicted octanol–water partition coefficient (Wildman–Crippen LogP) is 2.09. The van der Waals surface area contributed by atoms with Crippen molar-refractivity contribution in [3.8, 4) is 0 Å². The number of ether oxygens (including phenoxy) is 1. The molecule has 0 saturated heterocycles. The number of aliphatic hydroxyl groups is 1. The van der Waals surface area contributed by atoms with Crippen LogP contribution in [0.4, 0.5) is 23.7 Å².